The molecule has 0 unspecified atom stereocenters. The van der Waals surface area contributed by atoms with Crippen molar-refractivity contribution in [2.24, 2.45) is 17.8 Å². The van der Waals surface area contributed by atoms with Gasteiger partial charge in [0.1, 0.15) is 5.82 Å². The van der Waals surface area contributed by atoms with E-state index in [9.17, 15) is 9.59 Å². The van der Waals surface area contributed by atoms with Crippen LogP contribution in [0.1, 0.15) is 106 Å². The number of aromatic nitrogens is 2. The van der Waals surface area contributed by atoms with E-state index in [2.05, 4.69) is 85.1 Å². The van der Waals surface area contributed by atoms with Gasteiger partial charge in [-0.15, -0.1) is 11.3 Å². The fourth-order valence-corrected chi connectivity index (χ4v) is 7.39. The first-order valence-corrected chi connectivity index (χ1v) is 17.8. The number of imidazole rings is 1. The Bertz CT molecular complexity index is 1540. The van der Waals surface area contributed by atoms with E-state index in [-0.39, 0.29) is 18.1 Å². The fourth-order valence-electron chi connectivity index (χ4n) is 6.69. The van der Waals surface area contributed by atoms with Gasteiger partial charge in [-0.3, -0.25) is 14.5 Å². The molecule has 3 heterocycles. The molecule has 0 radical (unpaired) electrons. The van der Waals surface area contributed by atoms with Gasteiger partial charge in [0.15, 0.2) is 5.78 Å². The first kappa shape index (κ1) is 33.1. The predicted molar refractivity (Wildman–Crippen MR) is 187 cm³/mol. The van der Waals surface area contributed by atoms with Gasteiger partial charge in [-0.05, 0) is 104 Å². The number of Topliss-reactive ketones (excluding diaryl/α,β-unsaturated/α-hetero) is 1. The van der Waals surface area contributed by atoms with Crippen LogP contribution in [-0.4, -0.2) is 39.2 Å². The van der Waals surface area contributed by atoms with E-state index in [0.29, 0.717) is 23.9 Å². The molecule has 1 aliphatic heterocycles. The summed E-state index contributed by atoms with van der Waals surface area (Å²) in [5.41, 5.74) is 4.59. The Labute approximate surface area is 273 Å². The van der Waals surface area contributed by atoms with E-state index in [1.807, 2.05) is 24.3 Å². The number of carbonyl (C=O) groups excluding carboxylic acids is 2. The lowest BCUT2D eigenvalue weighted by Crippen LogP contribution is -2.32. The summed E-state index contributed by atoms with van der Waals surface area (Å²) in [5.74, 6) is 1.65. The van der Waals surface area contributed by atoms with E-state index in [0.717, 1.165) is 67.4 Å². The van der Waals surface area contributed by atoms with Crippen molar-refractivity contribution in [2.75, 3.05) is 18.4 Å². The molecule has 1 aliphatic rings. The third kappa shape index (κ3) is 8.50. The van der Waals surface area contributed by atoms with Crippen molar-refractivity contribution in [3.05, 3.63) is 81.8 Å². The number of hydrogen-bond acceptors (Lipinski definition) is 5. The highest BCUT2D eigenvalue weighted by molar-refractivity contribution is 7.09. The molecule has 0 aliphatic carbocycles. The number of likely N-dealkylation sites (tertiary alicyclic amines) is 1. The molecule has 7 heteroatoms. The fraction of sp³-hybridized carbons (Fsp3) is 0.500. The standard InChI is InChI=1S/C38H50N4O2S/c1-6-32(7-2)42-35-15-12-29(22-34(35)40-37(42)24-33-9-8-20-45-33)36(43)23-30(21-26(3)4)38(44)39-31-13-10-28(11-14-31)25-41-18-16-27(5)17-19-41/h8-15,20,22,26-27,30,32H,6-7,16-19,21,23-25H2,1-5H3,(H,39,44)/t30-/m1/s1. The minimum Gasteiger partial charge on any atom is -0.326 e. The van der Waals surface area contributed by atoms with Crippen molar-refractivity contribution in [2.45, 2.75) is 92.2 Å². The molecule has 1 atom stereocenters. The molecule has 5 rings (SSSR count). The Morgan fingerprint density at radius 3 is 2.40 bits per heavy atom. The maximum absolute atomic E-state index is 13.7. The molecule has 4 aromatic rings. The van der Waals surface area contributed by atoms with Gasteiger partial charge in [0.05, 0.1) is 11.0 Å². The Balaban J connectivity index is 1.28. The average Bonchev–Trinajstić information content (AvgIpc) is 3.67. The van der Waals surface area contributed by atoms with Gasteiger partial charge in [0.2, 0.25) is 5.91 Å². The lowest BCUT2D eigenvalue weighted by atomic mass is 9.89. The molecular formula is C38H50N4O2S. The monoisotopic (exact) mass is 626 g/mol. The van der Waals surface area contributed by atoms with Gasteiger partial charge in [-0.2, -0.15) is 0 Å². The van der Waals surface area contributed by atoms with E-state index >= 15 is 0 Å². The molecule has 240 valence electrons. The summed E-state index contributed by atoms with van der Waals surface area (Å²) in [5, 5.41) is 5.21. The second kappa shape index (κ2) is 15.3. The lowest BCUT2D eigenvalue weighted by Gasteiger charge is -2.30. The molecule has 0 spiro atoms. The number of piperidine rings is 1. The third-order valence-corrected chi connectivity index (χ3v) is 10.2. The van der Waals surface area contributed by atoms with Crippen molar-refractivity contribution >= 4 is 39.7 Å². The zero-order valence-corrected chi connectivity index (χ0v) is 28.5. The highest BCUT2D eigenvalue weighted by Gasteiger charge is 2.25. The first-order chi connectivity index (χ1) is 21.7. The van der Waals surface area contributed by atoms with Gasteiger partial charge < -0.3 is 9.88 Å². The second-order valence-electron chi connectivity index (χ2n) is 13.4. The van der Waals surface area contributed by atoms with Gasteiger partial charge >= 0.3 is 0 Å². The quantitative estimate of drug-likeness (QED) is 0.142. The van der Waals surface area contributed by atoms with Crippen LogP contribution in [-0.2, 0) is 17.8 Å². The van der Waals surface area contributed by atoms with E-state index in [1.165, 1.54) is 23.3 Å². The highest BCUT2D eigenvalue weighted by atomic mass is 32.1. The van der Waals surface area contributed by atoms with Crippen LogP contribution in [0.15, 0.2) is 60.0 Å². The van der Waals surface area contributed by atoms with Gasteiger partial charge in [0, 0.05) is 47.5 Å². The SMILES string of the molecule is CCC(CC)n1c(Cc2cccs2)nc2cc(C(=O)C[C@@H](CC(C)C)C(=O)Nc3ccc(CN4CCC(C)CC4)cc3)ccc21. The van der Waals surface area contributed by atoms with Crippen LogP contribution in [0.25, 0.3) is 11.0 Å². The number of fused-ring (bicyclic) bond motifs is 1. The number of carbonyl (C=O) groups is 2. The third-order valence-electron chi connectivity index (χ3n) is 9.37. The molecule has 6 nitrogen and oxygen atoms in total. The van der Waals surface area contributed by atoms with Crippen molar-refractivity contribution in [3.63, 3.8) is 0 Å². The Hall–Kier alpha value is -3.29. The van der Waals surface area contributed by atoms with Crippen molar-refractivity contribution in [1.29, 1.82) is 0 Å². The van der Waals surface area contributed by atoms with Crippen LogP contribution in [0.4, 0.5) is 5.69 Å². The summed E-state index contributed by atoms with van der Waals surface area (Å²) in [6.45, 7) is 14.2. The topological polar surface area (TPSA) is 67.2 Å². The number of nitrogens with zero attached hydrogens (tertiary/aromatic N) is 3. The second-order valence-corrected chi connectivity index (χ2v) is 14.5. The molecule has 45 heavy (non-hydrogen) atoms. The smallest absolute Gasteiger partial charge is 0.227 e. The molecule has 0 bridgehead atoms. The van der Waals surface area contributed by atoms with Crippen LogP contribution >= 0.6 is 11.3 Å². The largest absolute Gasteiger partial charge is 0.326 e. The summed E-state index contributed by atoms with van der Waals surface area (Å²) < 4.78 is 2.37. The lowest BCUT2D eigenvalue weighted by molar-refractivity contribution is -0.120. The minimum atomic E-state index is -0.403. The van der Waals surface area contributed by atoms with Crippen LogP contribution < -0.4 is 5.32 Å². The maximum atomic E-state index is 13.7. The Morgan fingerprint density at radius 2 is 1.76 bits per heavy atom. The van der Waals surface area contributed by atoms with Gasteiger partial charge in [-0.1, -0.05) is 52.8 Å². The number of thiophene rings is 1. The van der Waals surface area contributed by atoms with Crippen LogP contribution in [0.5, 0.6) is 0 Å². The number of anilines is 1. The number of ketones is 1. The van der Waals surface area contributed by atoms with Gasteiger partial charge in [0.25, 0.3) is 0 Å². The van der Waals surface area contributed by atoms with E-state index in [4.69, 9.17) is 4.98 Å². The molecule has 0 saturated carbocycles. The van der Waals surface area contributed by atoms with Crippen LogP contribution in [0.2, 0.25) is 0 Å². The van der Waals surface area contributed by atoms with E-state index < -0.39 is 5.92 Å². The maximum Gasteiger partial charge on any atom is 0.227 e. The first-order valence-electron chi connectivity index (χ1n) is 16.9. The number of hydrogen-bond donors (Lipinski definition) is 1. The molecule has 1 amide bonds. The Kier molecular flexibility index (Phi) is 11.3. The molecule has 1 saturated heterocycles. The summed E-state index contributed by atoms with van der Waals surface area (Å²) in [7, 11) is 0. The number of rotatable bonds is 14. The number of nitrogens with one attached hydrogen (secondary N) is 1. The predicted octanol–water partition coefficient (Wildman–Crippen LogP) is 9.16. The van der Waals surface area contributed by atoms with Crippen molar-refractivity contribution in [1.82, 2.24) is 14.5 Å². The Morgan fingerprint density at radius 1 is 1.02 bits per heavy atom. The average molecular weight is 627 g/mol. The van der Waals surface area contributed by atoms with Crippen molar-refractivity contribution in [3.8, 4) is 0 Å². The highest BCUT2D eigenvalue weighted by Crippen LogP contribution is 2.30. The van der Waals surface area contributed by atoms with E-state index in [1.54, 1.807) is 11.3 Å². The van der Waals surface area contributed by atoms with Gasteiger partial charge in [-0.25, -0.2) is 4.98 Å². The minimum absolute atomic E-state index is 0.0132. The zero-order valence-electron chi connectivity index (χ0n) is 27.7. The molecule has 2 aromatic heterocycles. The molecule has 2 aromatic carbocycles. The normalized spacial score (nSPS) is 15.3. The van der Waals surface area contributed by atoms with Crippen molar-refractivity contribution < 1.29 is 9.59 Å². The number of amides is 1. The molecular weight excluding hydrogens is 577 g/mol. The van der Waals surface area contributed by atoms with Crippen LogP contribution in [0.3, 0.4) is 0 Å². The molecule has 1 N–H and O–H groups in total. The van der Waals surface area contributed by atoms with Crippen LogP contribution in [0, 0.1) is 17.8 Å². The summed E-state index contributed by atoms with van der Waals surface area (Å²) in [6.07, 6.45) is 6.17. The molecule has 1 fully saturated rings. The summed E-state index contributed by atoms with van der Waals surface area (Å²) >= 11 is 1.75. The zero-order chi connectivity index (χ0) is 31.9. The number of benzene rings is 2. The summed E-state index contributed by atoms with van der Waals surface area (Å²) in [4.78, 5) is 36.0. The summed E-state index contributed by atoms with van der Waals surface area (Å²) in [6, 6.07) is 18.7.